The highest BCUT2D eigenvalue weighted by molar-refractivity contribution is 5.99. The van der Waals surface area contributed by atoms with Crippen molar-refractivity contribution >= 4 is 22.8 Å². The van der Waals surface area contributed by atoms with E-state index in [2.05, 4.69) is 5.32 Å². The number of nitrogens with one attached hydrogen (secondary N) is 1. The molecule has 0 radical (unpaired) electrons. The van der Waals surface area contributed by atoms with Crippen molar-refractivity contribution in [3.05, 3.63) is 34.1 Å². The third-order valence-electron chi connectivity index (χ3n) is 3.35. The van der Waals surface area contributed by atoms with Crippen LogP contribution in [-0.2, 0) is 16.2 Å². The number of fused-ring (bicyclic) bond motifs is 1. The number of hydrogen-bond acceptors (Lipinski definition) is 5. The molecular formula is C13H12N2O5. The fraction of sp³-hybridized carbons (Fsp3) is 0.308. The molecule has 0 spiro atoms. The van der Waals surface area contributed by atoms with Gasteiger partial charge in [-0.05, 0) is 24.1 Å². The molecule has 2 aromatic rings. The zero-order valence-corrected chi connectivity index (χ0v) is 10.5. The fourth-order valence-electron chi connectivity index (χ4n) is 2.30. The Morgan fingerprint density at radius 3 is 2.85 bits per heavy atom. The fourth-order valence-corrected chi connectivity index (χ4v) is 2.30. The third kappa shape index (κ3) is 1.92. The number of aliphatic hydroxyl groups is 1. The lowest BCUT2D eigenvalue weighted by Crippen LogP contribution is -2.43. The quantitative estimate of drug-likeness (QED) is 0.755. The minimum Gasteiger partial charge on any atom is -0.392 e. The van der Waals surface area contributed by atoms with Crippen LogP contribution in [0.4, 0.5) is 0 Å². The van der Waals surface area contributed by atoms with Crippen molar-refractivity contribution in [1.29, 1.82) is 0 Å². The van der Waals surface area contributed by atoms with Gasteiger partial charge in [-0.25, -0.2) is 0 Å². The molecule has 1 saturated heterocycles. The topological polar surface area (TPSA) is 102 Å². The molecule has 1 aliphatic heterocycles. The Kier molecular flexibility index (Phi) is 2.90. The van der Waals surface area contributed by atoms with Crippen LogP contribution < -0.4 is 10.9 Å². The van der Waals surface area contributed by atoms with Gasteiger partial charge in [-0.15, -0.1) is 0 Å². The number of carbonyl (C=O) groups is 2. The van der Waals surface area contributed by atoms with Crippen molar-refractivity contribution in [3.63, 3.8) is 0 Å². The molecule has 0 bridgehead atoms. The Morgan fingerprint density at radius 2 is 2.15 bits per heavy atom. The molecule has 0 saturated carbocycles. The van der Waals surface area contributed by atoms with Gasteiger partial charge in [-0.2, -0.15) is 4.74 Å². The number of carbonyl (C=O) groups excluding carboxylic acids is 2. The summed E-state index contributed by atoms with van der Waals surface area (Å²) in [6.07, 6.45) is 0.402. The van der Waals surface area contributed by atoms with Crippen LogP contribution in [0, 0.1) is 0 Å². The third-order valence-corrected chi connectivity index (χ3v) is 3.35. The highest BCUT2D eigenvalue weighted by Crippen LogP contribution is 2.21. The van der Waals surface area contributed by atoms with E-state index in [1.54, 1.807) is 12.1 Å². The Morgan fingerprint density at radius 1 is 1.35 bits per heavy atom. The van der Waals surface area contributed by atoms with Crippen LogP contribution in [0.5, 0.6) is 0 Å². The number of benzene rings is 1. The molecule has 1 fully saturated rings. The Labute approximate surface area is 112 Å². The zero-order chi connectivity index (χ0) is 14.3. The summed E-state index contributed by atoms with van der Waals surface area (Å²) in [4.78, 5) is 35.1. The van der Waals surface area contributed by atoms with Gasteiger partial charge in [0.05, 0.1) is 12.0 Å². The van der Waals surface area contributed by atoms with Crippen LogP contribution in [0.25, 0.3) is 11.0 Å². The maximum Gasteiger partial charge on any atom is 0.291 e. The van der Waals surface area contributed by atoms with E-state index in [-0.39, 0.29) is 25.4 Å². The Balaban J connectivity index is 2.08. The highest BCUT2D eigenvalue weighted by Gasteiger charge is 2.31. The molecule has 2 N–H and O–H groups in total. The highest BCUT2D eigenvalue weighted by atomic mass is 16.5. The van der Waals surface area contributed by atoms with Crippen molar-refractivity contribution in [2.75, 3.05) is 0 Å². The van der Waals surface area contributed by atoms with E-state index >= 15 is 0 Å². The number of aromatic nitrogens is 1. The SMILES string of the molecule is O=C1CCC(n2oc3ccc(CO)cc3c2=O)C(=O)N1. The average Bonchev–Trinajstić information content (AvgIpc) is 2.76. The van der Waals surface area contributed by atoms with Crippen LogP contribution in [0.1, 0.15) is 24.4 Å². The minimum atomic E-state index is -0.815. The molecule has 1 aromatic carbocycles. The molecule has 104 valence electrons. The monoisotopic (exact) mass is 276 g/mol. The second-order valence-corrected chi connectivity index (χ2v) is 4.68. The van der Waals surface area contributed by atoms with E-state index in [0.29, 0.717) is 16.5 Å². The van der Waals surface area contributed by atoms with E-state index in [1.165, 1.54) is 6.07 Å². The average molecular weight is 276 g/mol. The van der Waals surface area contributed by atoms with Crippen molar-refractivity contribution in [2.24, 2.45) is 0 Å². The normalized spacial score (nSPS) is 19.4. The predicted octanol–water partition coefficient (Wildman–Crippen LogP) is 0.0645. The predicted molar refractivity (Wildman–Crippen MR) is 67.8 cm³/mol. The first kappa shape index (κ1) is 12.6. The molecule has 1 aliphatic rings. The number of nitrogens with zero attached hydrogens (tertiary/aromatic N) is 1. The van der Waals surface area contributed by atoms with Crippen LogP contribution in [-0.4, -0.2) is 21.7 Å². The molecule has 7 heteroatoms. The molecule has 1 unspecified atom stereocenters. The maximum atomic E-state index is 12.2. The van der Waals surface area contributed by atoms with Crippen LogP contribution in [0.2, 0.25) is 0 Å². The minimum absolute atomic E-state index is 0.168. The van der Waals surface area contributed by atoms with Gasteiger partial charge in [0.2, 0.25) is 5.91 Å². The van der Waals surface area contributed by atoms with Crippen LogP contribution in [0.15, 0.2) is 27.5 Å². The number of piperidine rings is 1. The molecular weight excluding hydrogens is 264 g/mol. The summed E-state index contributed by atoms with van der Waals surface area (Å²) in [5, 5.41) is 11.6. The summed E-state index contributed by atoms with van der Waals surface area (Å²) in [5.41, 5.74) is 0.493. The second-order valence-electron chi connectivity index (χ2n) is 4.68. The summed E-state index contributed by atoms with van der Waals surface area (Å²) < 4.78 is 6.39. The lowest BCUT2D eigenvalue weighted by atomic mass is 10.1. The molecule has 1 aromatic heterocycles. The van der Waals surface area contributed by atoms with Gasteiger partial charge in [0.15, 0.2) is 5.58 Å². The number of rotatable bonds is 2. The Bertz CT molecular complexity index is 758. The smallest absolute Gasteiger partial charge is 0.291 e. The number of amides is 2. The van der Waals surface area contributed by atoms with E-state index in [9.17, 15) is 14.4 Å². The van der Waals surface area contributed by atoms with Gasteiger partial charge in [0.25, 0.3) is 11.5 Å². The summed E-state index contributed by atoms with van der Waals surface area (Å²) in [6, 6.07) is 3.93. The molecule has 0 aliphatic carbocycles. The van der Waals surface area contributed by atoms with Crippen molar-refractivity contribution in [3.8, 4) is 0 Å². The Hall–Kier alpha value is -2.41. The largest absolute Gasteiger partial charge is 0.392 e. The van der Waals surface area contributed by atoms with Gasteiger partial charge in [-0.1, -0.05) is 6.07 Å². The first-order valence-electron chi connectivity index (χ1n) is 6.19. The lowest BCUT2D eigenvalue weighted by molar-refractivity contribution is -0.137. The lowest BCUT2D eigenvalue weighted by Gasteiger charge is -2.19. The van der Waals surface area contributed by atoms with Crippen molar-refractivity contribution in [2.45, 2.75) is 25.5 Å². The molecule has 3 rings (SSSR count). The molecule has 2 amide bonds. The maximum absolute atomic E-state index is 12.2. The van der Waals surface area contributed by atoms with Crippen molar-refractivity contribution in [1.82, 2.24) is 10.1 Å². The standard InChI is InChI=1S/C13H12N2O5/c16-6-7-1-3-10-8(5-7)13(19)15(20-10)9-2-4-11(17)14-12(9)18/h1,3,5,9,16H,2,4,6H2,(H,14,17,18). The summed E-state index contributed by atoms with van der Waals surface area (Å²) in [6.45, 7) is -0.182. The summed E-state index contributed by atoms with van der Waals surface area (Å²) >= 11 is 0. The summed E-state index contributed by atoms with van der Waals surface area (Å²) in [5.74, 6) is -0.886. The first-order chi connectivity index (χ1) is 9.60. The number of imide groups is 1. The van der Waals surface area contributed by atoms with Gasteiger partial charge in [-0.3, -0.25) is 19.7 Å². The first-order valence-corrected chi connectivity index (χ1v) is 6.19. The van der Waals surface area contributed by atoms with Gasteiger partial charge in [0.1, 0.15) is 6.04 Å². The second kappa shape index (κ2) is 4.61. The zero-order valence-electron chi connectivity index (χ0n) is 10.5. The van der Waals surface area contributed by atoms with Gasteiger partial charge < -0.3 is 9.63 Å². The summed E-state index contributed by atoms with van der Waals surface area (Å²) in [7, 11) is 0. The van der Waals surface area contributed by atoms with E-state index in [4.69, 9.17) is 9.63 Å². The number of aliphatic hydroxyl groups excluding tert-OH is 1. The van der Waals surface area contributed by atoms with Crippen molar-refractivity contribution < 1.29 is 19.2 Å². The van der Waals surface area contributed by atoms with E-state index < -0.39 is 17.5 Å². The van der Waals surface area contributed by atoms with Crippen LogP contribution in [0.3, 0.4) is 0 Å². The van der Waals surface area contributed by atoms with Crippen LogP contribution >= 0.6 is 0 Å². The molecule has 1 atom stereocenters. The van der Waals surface area contributed by atoms with Gasteiger partial charge >= 0.3 is 0 Å². The molecule has 20 heavy (non-hydrogen) atoms. The van der Waals surface area contributed by atoms with E-state index in [0.717, 1.165) is 4.74 Å². The van der Waals surface area contributed by atoms with E-state index in [1.807, 2.05) is 0 Å². The molecule has 7 nitrogen and oxygen atoms in total. The molecule has 2 heterocycles. The van der Waals surface area contributed by atoms with Gasteiger partial charge in [0, 0.05) is 6.42 Å². The number of hydrogen-bond donors (Lipinski definition) is 2.